The monoisotopic (exact) mass is 186 g/mol. The standard InChI is InChI=1S/C9H8F2O2/c10-5-1-2-6(7(11)3-5)9-8(4-12)13-9/h1-3,8-9,12H,4H2/t8-,9+/m0/s1. The van der Waals surface area contributed by atoms with Crippen molar-refractivity contribution in [2.24, 2.45) is 0 Å². The average Bonchev–Trinajstić information content (AvgIpc) is 2.83. The van der Waals surface area contributed by atoms with E-state index in [1.807, 2.05) is 0 Å². The fraction of sp³-hybridized carbons (Fsp3) is 0.333. The number of hydrogen-bond acceptors (Lipinski definition) is 2. The first kappa shape index (κ1) is 8.59. The molecule has 1 heterocycles. The Balaban J connectivity index is 2.22. The molecule has 0 saturated carbocycles. The maximum atomic E-state index is 13.0. The van der Waals surface area contributed by atoms with Gasteiger partial charge in [-0.25, -0.2) is 8.78 Å². The molecule has 1 fully saturated rings. The minimum Gasteiger partial charge on any atom is -0.394 e. The van der Waals surface area contributed by atoms with Gasteiger partial charge in [-0.05, 0) is 6.07 Å². The first-order chi connectivity index (χ1) is 6.22. The normalized spacial score (nSPS) is 26.1. The molecule has 0 spiro atoms. The van der Waals surface area contributed by atoms with E-state index in [9.17, 15) is 8.78 Å². The van der Waals surface area contributed by atoms with Gasteiger partial charge in [0, 0.05) is 11.6 Å². The maximum absolute atomic E-state index is 13.0. The number of halogens is 2. The van der Waals surface area contributed by atoms with E-state index in [2.05, 4.69) is 0 Å². The van der Waals surface area contributed by atoms with Crippen molar-refractivity contribution in [1.29, 1.82) is 0 Å². The summed E-state index contributed by atoms with van der Waals surface area (Å²) in [7, 11) is 0. The minimum absolute atomic E-state index is 0.137. The summed E-state index contributed by atoms with van der Waals surface area (Å²) in [6.07, 6.45) is -0.745. The van der Waals surface area contributed by atoms with Crippen LogP contribution in [0.3, 0.4) is 0 Å². The number of epoxide rings is 1. The van der Waals surface area contributed by atoms with Crippen LogP contribution < -0.4 is 0 Å². The zero-order chi connectivity index (χ0) is 9.42. The van der Waals surface area contributed by atoms with Crippen molar-refractivity contribution < 1.29 is 18.6 Å². The van der Waals surface area contributed by atoms with Gasteiger partial charge < -0.3 is 9.84 Å². The molecule has 0 aliphatic carbocycles. The quantitative estimate of drug-likeness (QED) is 0.708. The molecule has 0 radical (unpaired) electrons. The molecule has 1 saturated heterocycles. The molecule has 70 valence electrons. The van der Waals surface area contributed by atoms with Crippen LogP contribution in [0, 0.1) is 11.6 Å². The molecule has 4 heteroatoms. The van der Waals surface area contributed by atoms with Crippen LogP contribution in [0.5, 0.6) is 0 Å². The predicted octanol–water partition coefficient (Wildman–Crippen LogP) is 1.40. The number of aliphatic hydroxyl groups is 1. The Bertz CT molecular complexity index is 327. The van der Waals surface area contributed by atoms with Crippen LogP contribution in [0.15, 0.2) is 18.2 Å². The molecule has 1 aliphatic rings. The molecule has 1 N–H and O–H groups in total. The molecule has 2 atom stereocenters. The van der Waals surface area contributed by atoms with Crippen LogP contribution in [0.4, 0.5) is 8.78 Å². The molecular weight excluding hydrogens is 178 g/mol. The topological polar surface area (TPSA) is 32.8 Å². The fourth-order valence-corrected chi connectivity index (χ4v) is 1.29. The highest BCUT2D eigenvalue weighted by atomic mass is 19.1. The second kappa shape index (κ2) is 3.05. The lowest BCUT2D eigenvalue weighted by atomic mass is 10.1. The third-order valence-electron chi connectivity index (χ3n) is 2.03. The third-order valence-corrected chi connectivity index (χ3v) is 2.03. The van der Waals surface area contributed by atoms with Crippen LogP contribution in [0.2, 0.25) is 0 Å². The third kappa shape index (κ3) is 1.55. The van der Waals surface area contributed by atoms with E-state index >= 15 is 0 Å². The van der Waals surface area contributed by atoms with Gasteiger partial charge in [0.25, 0.3) is 0 Å². The summed E-state index contributed by atoms with van der Waals surface area (Å²) in [4.78, 5) is 0. The van der Waals surface area contributed by atoms with Crippen molar-refractivity contribution in [2.45, 2.75) is 12.2 Å². The Labute approximate surface area is 73.8 Å². The van der Waals surface area contributed by atoms with Crippen LogP contribution in [0.1, 0.15) is 11.7 Å². The predicted molar refractivity (Wildman–Crippen MR) is 41.1 cm³/mol. The lowest BCUT2D eigenvalue weighted by Gasteiger charge is -1.97. The highest BCUT2D eigenvalue weighted by molar-refractivity contribution is 5.25. The van der Waals surface area contributed by atoms with Gasteiger partial charge >= 0.3 is 0 Å². The Hall–Kier alpha value is -1.00. The van der Waals surface area contributed by atoms with Gasteiger partial charge in [0.15, 0.2) is 0 Å². The zero-order valence-electron chi connectivity index (χ0n) is 6.71. The van der Waals surface area contributed by atoms with Gasteiger partial charge in [-0.15, -0.1) is 0 Å². The summed E-state index contributed by atoms with van der Waals surface area (Å²) in [6.45, 7) is -0.137. The van der Waals surface area contributed by atoms with Crippen LogP contribution in [-0.4, -0.2) is 17.8 Å². The molecule has 13 heavy (non-hydrogen) atoms. The number of ether oxygens (including phenoxy) is 1. The molecule has 1 aromatic rings. The first-order valence-corrected chi connectivity index (χ1v) is 3.93. The largest absolute Gasteiger partial charge is 0.394 e. The number of benzene rings is 1. The fourth-order valence-electron chi connectivity index (χ4n) is 1.29. The van der Waals surface area contributed by atoms with Gasteiger partial charge in [-0.2, -0.15) is 0 Å². The van der Waals surface area contributed by atoms with E-state index in [0.717, 1.165) is 6.07 Å². The summed E-state index contributed by atoms with van der Waals surface area (Å²) in [5.41, 5.74) is 0.306. The van der Waals surface area contributed by atoms with Crippen LogP contribution >= 0.6 is 0 Å². The van der Waals surface area contributed by atoms with E-state index in [4.69, 9.17) is 9.84 Å². The van der Waals surface area contributed by atoms with Gasteiger partial charge in [-0.3, -0.25) is 0 Å². The number of rotatable bonds is 2. The second-order valence-corrected chi connectivity index (χ2v) is 2.94. The Morgan fingerprint density at radius 3 is 2.69 bits per heavy atom. The number of hydrogen-bond donors (Lipinski definition) is 1. The molecule has 0 unspecified atom stereocenters. The summed E-state index contributed by atoms with van der Waals surface area (Å²) < 4.78 is 30.5. The van der Waals surface area contributed by atoms with Gasteiger partial charge in [0.05, 0.1) is 6.61 Å². The summed E-state index contributed by atoms with van der Waals surface area (Å²) in [5, 5.41) is 8.66. The van der Waals surface area contributed by atoms with Crippen molar-refractivity contribution in [3.63, 3.8) is 0 Å². The Kier molecular flexibility index (Phi) is 2.01. The molecule has 0 aromatic heterocycles. The van der Waals surface area contributed by atoms with E-state index < -0.39 is 17.7 Å². The van der Waals surface area contributed by atoms with E-state index in [-0.39, 0.29) is 12.7 Å². The van der Waals surface area contributed by atoms with Gasteiger partial charge in [0.1, 0.15) is 23.8 Å². The average molecular weight is 186 g/mol. The van der Waals surface area contributed by atoms with E-state index in [1.54, 1.807) is 0 Å². The summed E-state index contributed by atoms with van der Waals surface area (Å²) in [6, 6.07) is 3.32. The minimum atomic E-state index is -0.624. The first-order valence-electron chi connectivity index (χ1n) is 3.93. The number of aliphatic hydroxyl groups excluding tert-OH is 1. The lowest BCUT2D eigenvalue weighted by molar-refractivity contribution is 0.242. The van der Waals surface area contributed by atoms with Crippen molar-refractivity contribution in [2.75, 3.05) is 6.61 Å². The second-order valence-electron chi connectivity index (χ2n) is 2.94. The van der Waals surface area contributed by atoms with E-state index in [0.29, 0.717) is 5.56 Å². The smallest absolute Gasteiger partial charge is 0.132 e. The van der Waals surface area contributed by atoms with Crippen molar-refractivity contribution >= 4 is 0 Å². The molecule has 2 rings (SSSR count). The maximum Gasteiger partial charge on any atom is 0.132 e. The highest BCUT2D eigenvalue weighted by Crippen LogP contribution is 2.39. The van der Waals surface area contributed by atoms with Crippen molar-refractivity contribution in [1.82, 2.24) is 0 Å². The lowest BCUT2D eigenvalue weighted by Crippen LogP contribution is -1.96. The van der Waals surface area contributed by atoms with Gasteiger partial charge in [-0.1, -0.05) is 6.07 Å². The molecular formula is C9H8F2O2. The van der Waals surface area contributed by atoms with Crippen molar-refractivity contribution in [3.8, 4) is 0 Å². The zero-order valence-corrected chi connectivity index (χ0v) is 6.71. The molecule has 0 amide bonds. The van der Waals surface area contributed by atoms with Crippen LogP contribution in [-0.2, 0) is 4.74 Å². The summed E-state index contributed by atoms with van der Waals surface area (Å²) >= 11 is 0. The molecule has 1 aromatic carbocycles. The highest BCUT2D eigenvalue weighted by Gasteiger charge is 2.41. The molecule has 1 aliphatic heterocycles. The SMILES string of the molecule is OC[C@@H]1O[C@@H]1c1ccc(F)cc1F. The van der Waals surface area contributed by atoms with E-state index in [1.165, 1.54) is 12.1 Å². The Morgan fingerprint density at radius 1 is 1.38 bits per heavy atom. The summed E-state index contributed by atoms with van der Waals surface area (Å²) in [5.74, 6) is -1.23. The van der Waals surface area contributed by atoms with Crippen LogP contribution in [0.25, 0.3) is 0 Å². The Morgan fingerprint density at radius 2 is 2.15 bits per heavy atom. The molecule has 0 bridgehead atoms. The van der Waals surface area contributed by atoms with Crippen molar-refractivity contribution in [3.05, 3.63) is 35.4 Å². The van der Waals surface area contributed by atoms with Gasteiger partial charge in [0.2, 0.25) is 0 Å². The molecule has 2 nitrogen and oxygen atoms in total.